The van der Waals surface area contributed by atoms with Crippen molar-refractivity contribution < 1.29 is 74.6 Å². The maximum atomic E-state index is 13.7. The number of anilines is 3. The van der Waals surface area contributed by atoms with Gasteiger partial charge in [-0.15, -0.1) is 0 Å². The average Bonchev–Trinajstić information content (AvgIpc) is 0.777. The van der Waals surface area contributed by atoms with Gasteiger partial charge in [0.05, 0.1) is 38.4 Å². The smallest absolute Gasteiger partial charge is 0.472 e. The van der Waals surface area contributed by atoms with Crippen LogP contribution in [0, 0.1) is 13.8 Å². The van der Waals surface area contributed by atoms with Crippen LogP contribution in [0.3, 0.4) is 0 Å². The number of carbonyl (C=O) groups excluding carboxylic acids is 5. The summed E-state index contributed by atoms with van der Waals surface area (Å²) in [7, 11) is -7.54. The van der Waals surface area contributed by atoms with Gasteiger partial charge >= 0.3 is 19.8 Å². The molecular formula is C85H145N8O18PS. The topological polar surface area (TPSA) is 353 Å². The third-order valence-corrected chi connectivity index (χ3v) is 23.3. The third-order valence-electron chi connectivity index (χ3n) is 20.5. The number of sulfone groups is 1. The Bertz CT molecular complexity index is 3440. The van der Waals surface area contributed by atoms with Gasteiger partial charge in [0.15, 0.2) is 16.0 Å². The summed E-state index contributed by atoms with van der Waals surface area (Å²) in [5.74, 6) is -1.84. The van der Waals surface area contributed by atoms with Gasteiger partial charge in [-0.3, -0.25) is 43.1 Å². The van der Waals surface area contributed by atoms with Gasteiger partial charge in [-0.05, 0) is 134 Å². The molecule has 26 nitrogen and oxygen atoms in total. The van der Waals surface area contributed by atoms with Crippen LogP contribution in [-0.4, -0.2) is 150 Å². The van der Waals surface area contributed by atoms with Crippen molar-refractivity contribution in [3.8, 4) is 5.75 Å². The van der Waals surface area contributed by atoms with E-state index >= 15 is 0 Å². The Morgan fingerprint density at radius 2 is 1.17 bits per heavy atom. The first-order valence-corrected chi connectivity index (χ1v) is 46.1. The molecule has 1 aromatic heterocycles. The van der Waals surface area contributed by atoms with E-state index in [-0.39, 0.29) is 100 Å². The molecule has 0 saturated heterocycles. The molecule has 0 aliphatic carbocycles. The SMILES string of the molecule is CCCCCCCCCCCCCCCCCCOC(COC(=O)CCCCCCCCCCCCCCCCC)COP(=O)(O)OCCNC(=O)C(C)(C)OCCC(C)(C)Nc1c(NCCNC(=O)CCCOc2cc(C)c(S(=O)(=O)CNC(NC(=O)CCCCc3ccc4c(n3)NCCC4)C(=O)OC)c(C)c2)c(=O)c1=O. The van der Waals surface area contributed by atoms with Crippen molar-refractivity contribution in [2.45, 2.75) is 347 Å². The fourth-order valence-corrected chi connectivity index (χ4v) is 16.1. The Morgan fingerprint density at radius 1 is 0.619 bits per heavy atom. The van der Waals surface area contributed by atoms with Gasteiger partial charge in [0.25, 0.3) is 16.8 Å². The Kier molecular flexibility index (Phi) is 50.2. The maximum absolute atomic E-state index is 13.7. The van der Waals surface area contributed by atoms with Crippen LogP contribution in [-0.2, 0) is 79.2 Å². The number of methoxy groups -OCH3 is 1. The highest BCUT2D eigenvalue weighted by molar-refractivity contribution is 7.91. The van der Waals surface area contributed by atoms with E-state index in [4.69, 9.17) is 37.7 Å². The molecule has 0 spiro atoms. The van der Waals surface area contributed by atoms with E-state index in [9.17, 15) is 51.4 Å². The Labute approximate surface area is 676 Å². The van der Waals surface area contributed by atoms with Gasteiger partial charge in [-0.25, -0.2) is 22.8 Å². The number of rotatable bonds is 70. The van der Waals surface area contributed by atoms with Crippen LogP contribution in [0.2, 0.25) is 0 Å². The molecule has 8 N–H and O–H groups in total. The molecule has 3 amide bonds. The van der Waals surface area contributed by atoms with Crippen molar-refractivity contribution >= 4 is 64.5 Å². The van der Waals surface area contributed by atoms with Crippen LogP contribution in [0.1, 0.15) is 314 Å². The normalized spacial score (nSPS) is 13.5. The molecule has 28 heteroatoms. The molecule has 1 aliphatic rings. The van der Waals surface area contributed by atoms with Crippen molar-refractivity contribution in [2.24, 2.45) is 0 Å². The van der Waals surface area contributed by atoms with Gasteiger partial charge in [0.1, 0.15) is 47.1 Å². The standard InChI is InChI=1S/C85H145N8O18PS/c1-10-12-14-16-18-20-22-24-26-28-30-32-34-36-38-42-57-107-71(63-108-74(96)49-39-37-35-33-31-29-27-25-23-21-19-17-15-13-11-2)64-111-112(101,102)110-60-56-89-83(100)85(7,8)109-59-52-84(5,6)93-76-75(77(97)78(76)98)87-55-54-86-72(94)48-44-58-106-70-61-66(3)79(67(4)62-70)113(103,104)65-90-81(82(99)105-9)92-73(95)47-41-40-46-69-51-50-68-45-43-53-88-80(68)91-69/h50-51,61-62,71,81,87,90,93H,10-49,52-60,63-65H2,1-9H3,(H,86,94)(H,88,91)(H,89,100)(H,92,95)(H,101,102). The van der Waals surface area contributed by atoms with Crippen LogP contribution >= 0.6 is 7.82 Å². The molecule has 2 aromatic carbocycles. The molecule has 0 radical (unpaired) electrons. The van der Waals surface area contributed by atoms with Crippen LogP contribution in [0.25, 0.3) is 0 Å². The minimum atomic E-state index is -4.63. The van der Waals surface area contributed by atoms with Gasteiger partial charge in [-0.1, -0.05) is 206 Å². The molecule has 4 rings (SSSR count). The highest BCUT2D eigenvalue weighted by Gasteiger charge is 2.33. The van der Waals surface area contributed by atoms with Crippen LogP contribution < -0.4 is 52.8 Å². The number of nitrogens with one attached hydrogen (secondary N) is 7. The zero-order valence-electron chi connectivity index (χ0n) is 70.4. The molecule has 1 aliphatic heterocycles. The lowest BCUT2D eigenvalue weighted by Crippen LogP contribution is -2.52. The van der Waals surface area contributed by atoms with E-state index < -0.39 is 75.6 Å². The van der Waals surface area contributed by atoms with E-state index in [1.807, 2.05) is 6.07 Å². The van der Waals surface area contributed by atoms with Crippen LogP contribution in [0.4, 0.5) is 17.2 Å². The highest BCUT2D eigenvalue weighted by atomic mass is 32.2. The fraction of sp³-hybridized carbons (Fsp3) is 0.765. The number of fused-ring (bicyclic) bond motifs is 1. The van der Waals surface area contributed by atoms with Gasteiger partial charge in [-0.2, -0.15) is 0 Å². The number of hydrogen-bond donors (Lipinski definition) is 8. The quantitative estimate of drug-likeness (QED) is 0.00855. The van der Waals surface area contributed by atoms with Gasteiger partial charge < -0.3 is 60.5 Å². The summed E-state index contributed by atoms with van der Waals surface area (Å²) in [5.41, 5.74) is -0.515. The average molecular weight is 1630 g/mol. The van der Waals surface area contributed by atoms with E-state index in [1.165, 1.54) is 153 Å². The van der Waals surface area contributed by atoms with Crippen molar-refractivity contribution in [2.75, 3.05) is 94.8 Å². The molecule has 113 heavy (non-hydrogen) atoms. The van der Waals surface area contributed by atoms with Crippen molar-refractivity contribution in [3.63, 3.8) is 0 Å². The Morgan fingerprint density at radius 3 is 1.75 bits per heavy atom. The minimum Gasteiger partial charge on any atom is -0.494 e. The number of aromatic nitrogens is 1. The van der Waals surface area contributed by atoms with Crippen molar-refractivity contribution in [3.05, 3.63) is 67.1 Å². The lowest BCUT2D eigenvalue weighted by Gasteiger charge is -2.31. The van der Waals surface area contributed by atoms with Crippen molar-refractivity contribution in [1.82, 2.24) is 26.3 Å². The first kappa shape index (κ1) is 99.3. The predicted molar refractivity (Wildman–Crippen MR) is 448 cm³/mol. The molecule has 0 fully saturated rings. The van der Waals surface area contributed by atoms with E-state index in [2.05, 4.69) is 57.1 Å². The second kappa shape index (κ2) is 57.1. The third kappa shape index (κ3) is 43.1. The van der Waals surface area contributed by atoms with Crippen LogP contribution in [0.5, 0.6) is 5.75 Å². The zero-order chi connectivity index (χ0) is 82.6. The Balaban J connectivity index is 1.11. The molecule has 2 heterocycles. The number of benzene rings is 1. The summed E-state index contributed by atoms with van der Waals surface area (Å²) < 4.78 is 79.5. The number of hydrogen-bond acceptors (Lipinski definition) is 22. The van der Waals surface area contributed by atoms with E-state index in [0.717, 1.165) is 89.4 Å². The second-order valence-electron chi connectivity index (χ2n) is 31.7. The molecule has 3 unspecified atom stereocenters. The number of carbonyl (C=O) groups is 5. The predicted octanol–water partition coefficient (Wildman–Crippen LogP) is 15.5. The monoisotopic (exact) mass is 1630 g/mol. The summed E-state index contributed by atoms with van der Waals surface area (Å²) in [4.78, 5) is 105. The number of unbranched alkanes of at least 4 members (excludes halogenated alkanes) is 30. The number of ether oxygens (including phenoxy) is 5. The summed E-state index contributed by atoms with van der Waals surface area (Å²) >= 11 is 0. The maximum Gasteiger partial charge on any atom is 0.472 e. The zero-order valence-corrected chi connectivity index (χ0v) is 72.1. The highest BCUT2D eigenvalue weighted by Crippen LogP contribution is 2.43. The first-order chi connectivity index (χ1) is 54.2. The number of nitrogens with zero attached hydrogens (tertiary/aromatic N) is 1. The molecule has 0 bridgehead atoms. The number of pyridine rings is 1. The number of amides is 3. The molecule has 644 valence electrons. The minimum absolute atomic E-state index is 0.0313. The number of aryl methyl sites for hydroxylation is 4. The number of phosphoric acid groups is 1. The molecule has 3 atom stereocenters. The fourth-order valence-electron chi connectivity index (χ4n) is 13.7. The number of esters is 2. The largest absolute Gasteiger partial charge is 0.494 e. The lowest BCUT2D eigenvalue weighted by molar-refractivity contribution is -0.149. The first-order valence-electron chi connectivity index (χ1n) is 42.9. The Hall–Kier alpha value is -6.06. The summed E-state index contributed by atoms with van der Waals surface area (Å²) in [6.07, 6.45) is 41.1. The molecule has 0 saturated carbocycles. The summed E-state index contributed by atoms with van der Waals surface area (Å²) in [6, 6.07) is 7.22. The summed E-state index contributed by atoms with van der Waals surface area (Å²) in [6.45, 7) is 15.2. The van der Waals surface area contributed by atoms with E-state index in [1.54, 1.807) is 53.7 Å². The second-order valence-corrected chi connectivity index (χ2v) is 35.1. The molecular weight excluding hydrogens is 1480 g/mol. The molecule has 3 aromatic rings. The van der Waals surface area contributed by atoms with Gasteiger partial charge in [0, 0.05) is 63.3 Å². The lowest BCUT2D eigenvalue weighted by atomic mass is 9.99. The van der Waals surface area contributed by atoms with Gasteiger partial charge in [0.2, 0.25) is 11.8 Å². The summed E-state index contributed by atoms with van der Waals surface area (Å²) in [5, 5.41) is 20.0. The van der Waals surface area contributed by atoms with Crippen LogP contribution in [0.15, 0.2) is 38.8 Å². The van der Waals surface area contributed by atoms with Crippen molar-refractivity contribution in [1.29, 1.82) is 0 Å². The van der Waals surface area contributed by atoms with E-state index in [0.29, 0.717) is 55.6 Å². The number of phosphoric ester groups is 1.